The third-order valence-electron chi connectivity index (χ3n) is 2.55. The van der Waals surface area contributed by atoms with Crippen molar-refractivity contribution >= 4 is 5.78 Å². The van der Waals surface area contributed by atoms with Gasteiger partial charge in [-0.05, 0) is 12.3 Å². The van der Waals surface area contributed by atoms with Crippen molar-refractivity contribution in [1.82, 2.24) is 0 Å². The van der Waals surface area contributed by atoms with Gasteiger partial charge in [0.2, 0.25) is 0 Å². The monoisotopic (exact) mass is 183 g/mol. The maximum Gasteiger partial charge on any atom is 0.153 e. The predicted octanol–water partition coefficient (Wildman–Crippen LogP) is 2.29. The van der Waals surface area contributed by atoms with Crippen LogP contribution in [-0.4, -0.2) is 11.8 Å². The molecule has 2 N–H and O–H groups in total. The molecule has 2 unspecified atom stereocenters. The highest BCUT2D eigenvalue weighted by Crippen LogP contribution is 2.11. The number of carbonyl (C=O) groups is 1. The molecule has 0 aliphatic carbocycles. The van der Waals surface area contributed by atoms with Gasteiger partial charge in [-0.25, -0.2) is 0 Å². The SMILES string of the molecule is C=C(CC)CC(=O)C(N)C(C)CC. The zero-order valence-electron chi connectivity index (χ0n) is 8.97. The average Bonchev–Trinajstić information content (AvgIpc) is 2.14. The Bertz CT molecular complexity index is 187. The standard InChI is InChI=1S/C11H21NO/c1-5-8(3)7-10(13)11(12)9(4)6-2/h9,11H,3,5-7,12H2,1-2,4H3. The van der Waals surface area contributed by atoms with E-state index >= 15 is 0 Å². The lowest BCUT2D eigenvalue weighted by Crippen LogP contribution is -2.36. The van der Waals surface area contributed by atoms with Crippen LogP contribution in [0.25, 0.3) is 0 Å². The molecule has 0 radical (unpaired) electrons. The third-order valence-corrected chi connectivity index (χ3v) is 2.55. The number of ketones is 1. The van der Waals surface area contributed by atoms with Gasteiger partial charge in [0.15, 0.2) is 5.78 Å². The molecule has 0 aliphatic heterocycles. The van der Waals surface area contributed by atoms with Gasteiger partial charge in [0.1, 0.15) is 0 Å². The maximum absolute atomic E-state index is 11.5. The van der Waals surface area contributed by atoms with Crippen molar-refractivity contribution in [2.75, 3.05) is 0 Å². The Morgan fingerprint density at radius 1 is 1.46 bits per heavy atom. The summed E-state index contributed by atoms with van der Waals surface area (Å²) in [4.78, 5) is 11.5. The van der Waals surface area contributed by atoms with E-state index in [9.17, 15) is 4.79 Å². The Morgan fingerprint density at radius 3 is 2.38 bits per heavy atom. The van der Waals surface area contributed by atoms with E-state index in [1.807, 2.05) is 20.8 Å². The van der Waals surface area contributed by atoms with Crippen LogP contribution in [0, 0.1) is 5.92 Å². The van der Waals surface area contributed by atoms with Crippen molar-refractivity contribution in [2.24, 2.45) is 11.7 Å². The molecule has 0 spiro atoms. The third kappa shape index (κ3) is 4.23. The molecule has 2 heteroatoms. The zero-order chi connectivity index (χ0) is 10.4. The van der Waals surface area contributed by atoms with Crippen LogP contribution < -0.4 is 5.73 Å². The minimum absolute atomic E-state index is 0.126. The van der Waals surface area contributed by atoms with Crippen LogP contribution in [0.15, 0.2) is 12.2 Å². The number of allylic oxidation sites excluding steroid dienone is 1. The molecule has 0 aromatic heterocycles. The molecule has 2 atom stereocenters. The molecule has 0 fully saturated rings. The summed E-state index contributed by atoms with van der Waals surface area (Å²) < 4.78 is 0. The number of rotatable bonds is 6. The molecule has 0 saturated heterocycles. The molecular weight excluding hydrogens is 162 g/mol. The van der Waals surface area contributed by atoms with Gasteiger partial charge in [-0.1, -0.05) is 39.3 Å². The summed E-state index contributed by atoms with van der Waals surface area (Å²) in [5, 5.41) is 0. The van der Waals surface area contributed by atoms with Crippen molar-refractivity contribution in [3.63, 3.8) is 0 Å². The molecule has 76 valence electrons. The first-order valence-corrected chi connectivity index (χ1v) is 4.97. The van der Waals surface area contributed by atoms with E-state index in [1.165, 1.54) is 0 Å². The number of Topliss-reactive ketones (excluding diaryl/α,β-unsaturated/α-hetero) is 1. The van der Waals surface area contributed by atoms with Crippen LogP contribution in [0.3, 0.4) is 0 Å². The van der Waals surface area contributed by atoms with Gasteiger partial charge in [0.25, 0.3) is 0 Å². The summed E-state index contributed by atoms with van der Waals surface area (Å²) in [7, 11) is 0. The summed E-state index contributed by atoms with van der Waals surface area (Å²) >= 11 is 0. The fraction of sp³-hybridized carbons (Fsp3) is 0.727. The van der Waals surface area contributed by atoms with E-state index in [0.717, 1.165) is 18.4 Å². The van der Waals surface area contributed by atoms with Crippen molar-refractivity contribution in [3.05, 3.63) is 12.2 Å². The fourth-order valence-corrected chi connectivity index (χ4v) is 1.06. The molecule has 0 aromatic carbocycles. The highest BCUT2D eigenvalue weighted by atomic mass is 16.1. The first-order valence-electron chi connectivity index (χ1n) is 4.97. The number of hydrogen-bond donors (Lipinski definition) is 1. The van der Waals surface area contributed by atoms with E-state index in [0.29, 0.717) is 6.42 Å². The minimum atomic E-state index is -0.312. The molecule has 0 amide bonds. The highest BCUT2D eigenvalue weighted by molar-refractivity contribution is 5.86. The lowest BCUT2D eigenvalue weighted by molar-refractivity contribution is -0.120. The summed E-state index contributed by atoms with van der Waals surface area (Å²) in [5.41, 5.74) is 6.76. The second kappa shape index (κ2) is 5.92. The summed E-state index contributed by atoms with van der Waals surface area (Å²) in [5.74, 6) is 0.401. The number of hydrogen-bond acceptors (Lipinski definition) is 2. The van der Waals surface area contributed by atoms with Crippen LogP contribution in [0.5, 0.6) is 0 Å². The Kier molecular flexibility index (Phi) is 5.63. The first-order chi connectivity index (χ1) is 6.02. The van der Waals surface area contributed by atoms with Crippen LogP contribution in [-0.2, 0) is 4.79 Å². The van der Waals surface area contributed by atoms with Crippen molar-refractivity contribution in [3.8, 4) is 0 Å². The Hall–Kier alpha value is -0.630. The molecule has 0 saturated carbocycles. The molecule has 13 heavy (non-hydrogen) atoms. The Balaban J connectivity index is 4.03. The zero-order valence-corrected chi connectivity index (χ0v) is 8.97. The largest absolute Gasteiger partial charge is 0.321 e. The Morgan fingerprint density at radius 2 is 2.00 bits per heavy atom. The van der Waals surface area contributed by atoms with Crippen LogP contribution in [0.4, 0.5) is 0 Å². The molecule has 2 nitrogen and oxygen atoms in total. The van der Waals surface area contributed by atoms with E-state index in [4.69, 9.17) is 5.73 Å². The molecule has 0 aliphatic rings. The first kappa shape index (κ1) is 12.4. The number of carbonyl (C=O) groups excluding carboxylic acids is 1. The van der Waals surface area contributed by atoms with Crippen LogP contribution in [0.1, 0.15) is 40.0 Å². The summed E-state index contributed by atoms with van der Waals surface area (Å²) in [6.45, 7) is 9.87. The molecule has 0 bridgehead atoms. The average molecular weight is 183 g/mol. The highest BCUT2D eigenvalue weighted by Gasteiger charge is 2.19. The van der Waals surface area contributed by atoms with Gasteiger partial charge in [0, 0.05) is 6.42 Å². The minimum Gasteiger partial charge on any atom is -0.321 e. The van der Waals surface area contributed by atoms with E-state index in [-0.39, 0.29) is 17.7 Å². The lowest BCUT2D eigenvalue weighted by atomic mass is 9.93. The van der Waals surface area contributed by atoms with Gasteiger partial charge in [-0.2, -0.15) is 0 Å². The summed E-state index contributed by atoms with van der Waals surface area (Å²) in [6.07, 6.45) is 2.26. The summed E-state index contributed by atoms with van der Waals surface area (Å²) in [6, 6.07) is -0.312. The molecule has 0 rings (SSSR count). The fourth-order valence-electron chi connectivity index (χ4n) is 1.06. The molecule has 0 heterocycles. The topological polar surface area (TPSA) is 43.1 Å². The number of nitrogens with two attached hydrogens (primary N) is 1. The maximum atomic E-state index is 11.5. The van der Waals surface area contributed by atoms with E-state index in [1.54, 1.807) is 0 Å². The van der Waals surface area contributed by atoms with Gasteiger partial charge in [0.05, 0.1) is 6.04 Å². The predicted molar refractivity (Wildman–Crippen MR) is 56.5 cm³/mol. The normalized spacial score (nSPS) is 15.1. The smallest absolute Gasteiger partial charge is 0.153 e. The van der Waals surface area contributed by atoms with E-state index < -0.39 is 0 Å². The Labute approximate surface area is 81.2 Å². The van der Waals surface area contributed by atoms with Crippen molar-refractivity contribution in [2.45, 2.75) is 46.1 Å². The van der Waals surface area contributed by atoms with Gasteiger partial charge in [-0.15, -0.1) is 0 Å². The second-order valence-corrected chi connectivity index (χ2v) is 3.66. The molecule has 0 aromatic rings. The van der Waals surface area contributed by atoms with Gasteiger partial charge >= 0.3 is 0 Å². The van der Waals surface area contributed by atoms with Crippen molar-refractivity contribution < 1.29 is 4.79 Å². The van der Waals surface area contributed by atoms with Crippen LogP contribution >= 0.6 is 0 Å². The molecular formula is C11H21NO. The second-order valence-electron chi connectivity index (χ2n) is 3.66. The lowest BCUT2D eigenvalue weighted by Gasteiger charge is -2.17. The van der Waals surface area contributed by atoms with Gasteiger partial charge < -0.3 is 5.73 Å². The van der Waals surface area contributed by atoms with Gasteiger partial charge in [-0.3, -0.25) is 4.79 Å². The van der Waals surface area contributed by atoms with E-state index in [2.05, 4.69) is 6.58 Å². The van der Waals surface area contributed by atoms with Crippen LogP contribution in [0.2, 0.25) is 0 Å². The van der Waals surface area contributed by atoms with Crippen molar-refractivity contribution in [1.29, 1.82) is 0 Å². The quantitative estimate of drug-likeness (QED) is 0.642.